The zero-order valence-corrected chi connectivity index (χ0v) is 11.9. The number of amides is 3. The van der Waals surface area contributed by atoms with Crippen LogP contribution in [-0.4, -0.2) is 35.3 Å². The van der Waals surface area contributed by atoms with Gasteiger partial charge in [-0.25, -0.2) is 4.79 Å². The largest absolute Gasteiger partial charge is 0.378 e. The van der Waals surface area contributed by atoms with Gasteiger partial charge in [0.1, 0.15) is 0 Å². The standard InChI is InChI=1S/C13H20N2O3S/c1-2-18-8-4-3-7-5-9-11(16)14-13(17)15-12(9)19-10(7)6-8/h7-10,12H,2-6H2,1H3,(H2,14,15,16,17). The maximum Gasteiger partial charge on any atom is 0.322 e. The van der Waals surface area contributed by atoms with Gasteiger partial charge in [0.25, 0.3) is 0 Å². The van der Waals surface area contributed by atoms with E-state index in [2.05, 4.69) is 10.6 Å². The summed E-state index contributed by atoms with van der Waals surface area (Å²) >= 11 is 1.76. The van der Waals surface area contributed by atoms with Crippen LogP contribution >= 0.6 is 11.8 Å². The Labute approximate surface area is 117 Å². The number of thioether (sulfide) groups is 1. The van der Waals surface area contributed by atoms with Gasteiger partial charge in [0.05, 0.1) is 17.4 Å². The van der Waals surface area contributed by atoms with Gasteiger partial charge in [0, 0.05) is 11.9 Å². The smallest absolute Gasteiger partial charge is 0.322 e. The highest BCUT2D eigenvalue weighted by Gasteiger charge is 2.46. The van der Waals surface area contributed by atoms with Crippen molar-refractivity contribution in [3.05, 3.63) is 0 Å². The zero-order chi connectivity index (χ0) is 13.4. The number of urea groups is 1. The third-order valence-corrected chi connectivity index (χ3v) is 6.04. The minimum absolute atomic E-state index is 0.0529. The fourth-order valence-corrected chi connectivity index (χ4v) is 5.23. The third-order valence-electron chi connectivity index (χ3n) is 4.37. The van der Waals surface area contributed by atoms with Crippen molar-refractivity contribution in [1.29, 1.82) is 0 Å². The molecule has 0 aromatic heterocycles. The fourth-order valence-electron chi connectivity index (χ4n) is 3.46. The molecule has 0 aromatic rings. The van der Waals surface area contributed by atoms with Crippen molar-refractivity contribution < 1.29 is 14.3 Å². The molecule has 0 spiro atoms. The molecule has 1 aliphatic carbocycles. The van der Waals surface area contributed by atoms with Crippen LogP contribution in [0.4, 0.5) is 4.79 Å². The average molecular weight is 284 g/mol. The predicted octanol–water partition coefficient (Wildman–Crippen LogP) is 1.48. The maximum absolute atomic E-state index is 11.9. The summed E-state index contributed by atoms with van der Waals surface area (Å²) in [5, 5.41) is 5.71. The molecule has 0 radical (unpaired) electrons. The summed E-state index contributed by atoms with van der Waals surface area (Å²) in [5.74, 6) is 0.419. The van der Waals surface area contributed by atoms with Gasteiger partial charge >= 0.3 is 6.03 Å². The van der Waals surface area contributed by atoms with E-state index >= 15 is 0 Å². The van der Waals surface area contributed by atoms with Crippen LogP contribution in [-0.2, 0) is 9.53 Å². The van der Waals surface area contributed by atoms with Gasteiger partial charge in [0.2, 0.25) is 5.91 Å². The lowest BCUT2D eigenvalue weighted by Gasteiger charge is -2.46. The lowest BCUT2D eigenvalue weighted by molar-refractivity contribution is -0.125. The average Bonchev–Trinajstić information content (AvgIpc) is 2.37. The summed E-state index contributed by atoms with van der Waals surface area (Å²) in [5.41, 5.74) is 0. The van der Waals surface area contributed by atoms with Gasteiger partial charge in [0.15, 0.2) is 0 Å². The van der Waals surface area contributed by atoms with E-state index in [1.807, 2.05) is 6.92 Å². The molecule has 3 rings (SSSR count). The first kappa shape index (κ1) is 13.2. The van der Waals surface area contributed by atoms with Crippen LogP contribution in [0.1, 0.15) is 32.6 Å². The summed E-state index contributed by atoms with van der Waals surface area (Å²) in [6.07, 6.45) is 4.52. The van der Waals surface area contributed by atoms with Crippen molar-refractivity contribution in [2.45, 2.75) is 49.3 Å². The van der Waals surface area contributed by atoms with Crippen LogP contribution in [0, 0.1) is 11.8 Å². The van der Waals surface area contributed by atoms with Crippen molar-refractivity contribution in [3.63, 3.8) is 0 Å². The molecule has 0 aromatic carbocycles. The van der Waals surface area contributed by atoms with E-state index in [0.717, 1.165) is 32.3 Å². The van der Waals surface area contributed by atoms with E-state index in [-0.39, 0.29) is 23.2 Å². The molecule has 2 aliphatic heterocycles. The Morgan fingerprint density at radius 2 is 2.16 bits per heavy atom. The Hall–Kier alpha value is -0.750. The number of fused-ring (bicyclic) bond motifs is 2. The van der Waals surface area contributed by atoms with E-state index in [1.165, 1.54) is 0 Å². The lowest BCUT2D eigenvalue weighted by atomic mass is 9.80. The second kappa shape index (κ2) is 5.32. The number of hydrogen-bond donors (Lipinski definition) is 2. The van der Waals surface area contributed by atoms with Gasteiger partial charge < -0.3 is 10.1 Å². The van der Waals surface area contributed by atoms with E-state index in [9.17, 15) is 9.59 Å². The number of hydrogen-bond acceptors (Lipinski definition) is 4. The van der Waals surface area contributed by atoms with E-state index in [4.69, 9.17) is 4.74 Å². The van der Waals surface area contributed by atoms with Crippen LogP contribution in [0.2, 0.25) is 0 Å². The second-order valence-corrected chi connectivity index (χ2v) is 6.94. The van der Waals surface area contributed by atoms with Gasteiger partial charge in [-0.3, -0.25) is 10.1 Å². The summed E-state index contributed by atoms with van der Waals surface area (Å²) in [6, 6.07) is -0.352. The Kier molecular flexibility index (Phi) is 3.71. The van der Waals surface area contributed by atoms with Gasteiger partial charge in [-0.15, -0.1) is 11.8 Å². The molecular weight excluding hydrogens is 264 g/mol. The van der Waals surface area contributed by atoms with Gasteiger partial charge in [-0.05, 0) is 38.5 Å². The molecule has 19 heavy (non-hydrogen) atoms. The topological polar surface area (TPSA) is 67.4 Å². The minimum atomic E-state index is -0.352. The second-order valence-electron chi connectivity index (χ2n) is 5.55. The lowest BCUT2D eigenvalue weighted by Crippen LogP contribution is -2.60. The zero-order valence-electron chi connectivity index (χ0n) is 11.1. The molecule has 3 aliphatic rings. The molecule has 5 unspecified atom stereocenters. The van der Waals surface area contributed by atoms with Gasteiger partial charge in [-0.1, -0.05) is 0 Å². The third kappa shape index (κ3) is 2.60. The van der Waals surface area contributed by atoms with Gasteiger partial charge in [-0.2, -0.15) is 0 Å². The maximum atomic E-state index is 11.9. The van der Waals surface area contributed by atoms with Crippen LogP contribution in [0.25, 0.3) is 0 Å². The molecule has 106 valence electrons. The molecular formula is C13H20N2O3S. The fraction of sp³-hybridized carbons (Fsp3) is 0.846. The van der Waals surface area contributed by atoms with Crippen molar-refractivity contribution in [2.75, 3.05) is 6.61 Å². The molecule has 0 bridgehead atoms. The number of ether oxygens (including phenoxy) is 1. The minimum Gasteiger partial charge on any atom is -0.378 e. The Morgan fingerprint density at radius 3 is 2.95 bits per heavy atom. The molecule has 6 heteroatoms. The van der Waals surface area contributed by atoms with Crippen molar-refractivity contribution in [1.82, 2.24) is 10.6 Å². The first-order chi connectivity index (χ1) is 9.17. The van der Waals surface area contributed by atoms with Crippen LogP contribution in [0.15, 0.2) is 0 Å². The SMILES string of the molecule is CCOC1CCC2CC3C(=O)NC(=O)NC3SC2C1. The number of nitrogens with one attached hydrogen (secondary N) is 2. The summed E-state index contributed by atoms with van der Waals surface area (Å²) in [6.45, 7) is 2.79. The van der Waals surface area contributed by atoms with Crippen molar-refractivity contribution in [2.24, 2.45) is 11.8 Å². The predicted molar refractivity (Wildman–Crippen MR) is 72.7 cm³/mol. The molecule has 3 amide bonds. The van der Waals surface area contributed by atoms with E-state index < -0.39 is 0 Å². The summed E-state index contributed by atoms with van der Waals surface area (Å²) < 4.78 is 5.73. The number of imide groups is 1. The van der Waals surface area contributed by atoms with Crippen molar-refractivity contribution >= 4 is 23.7 Å². The molecule has 2 heterocycles. The number of carbonyl (C=O) groups is 2. The molecule has 5 nitrogen and oxygen atoms in total. The quantitative estimate of drug-likeness (QED) is 0.806. The first-order valence-electron chi connectivity index (χ1n) is 7.05. The highest BCUT2D eigenvalue weighted by molar-refractivity contribution is 8.00. The molecule has 2 N–H and O–H groups in total. The first-order valence-corrected chi connectivity index (χ1v) is 8.00. The Morgan fingerprint density at radius 1 is 1.32 bits per heavy atom. The normalized spacial score (nSPS) is 41.8. The van der Waals surface area contributed by atoms with Crippen LogP contribution in [0.5, 0.6) is 0 Å². The molecule has 3 fully saturated rings. The Balaban J connectivity index is 1.67. The number of rotatable bonds is 2. The number of carbonyl (C=O) groups excluding carboxylic acids is 2. The molecule has 5 atom stereocenters. The molecule has 2 saturated heterocycles. The van der Waals surface area contributed by atoms with Crippen LogP contribution in [0.3, 0.4) is 0 Å². The van der Waals surface area contributed by atoms with Crippen molar-refractivity contribution in [3.8, 4) is 0 Å². The van der Waals surface area contributed by atoms with Crippen LogP contribution < -0.4 is 10.6 Å². The summed E-state index contributed by atoms with van der Waals surface area (Å²) in [4.78, 5) is 23.2. The summed E-state index contributed by atoms with van der Waals surface area (Å²) in [7, 11) is 0. The molecule has 1 saturated carbocycles. The highest BCUT2D eigenvalue weighted by atomic mass is 32.2. The monoisotopic (exact) mass is 284 g/mol. The van der Waals surface area contributed by atoms with E-state index in [1.54, 1.807) is 11.8 Å². The van der Waals surface area contributed by atoms with E-state index in [0.29, 0.717) is 17.3 Å². The Bertz CT molecular complexity index is 390. The highest BCUT2D eigenvalue weighted by Crippen LogP contribution is 2.46.